The van der Waals surface area contributed by atoms with Gasteiger partial charge in [-0.05, 0) is 36.8 Å². The molecule has 0 spiro atoms. The number of nitrogens with zero attached hydrogens (tertiary/aromatic N) is 1. The Labute approximate surface area is 139 Å². The fourth-order valence-corrected chi connectivity index (χ4v) is 2.77. The van der Waals surface area contributed by atoms with Crippen molar-refractivity contribution in [3.05, 3.63) is 29.8 Å². The zero-order chi connectivity index (χ0) is 16.7. The fourth-order valence-electron chi connectivity index (χ4n) is 2.77. The van der Waals surface area contributed by atoms with E-state index in [1.54, 1.807) is 0 Å². The molecule has 1 atom stereocenters. The largest absolute Gasteiger partial charge is 0.391 e. The molecule has 0 bridgehead atoms. The summed E-state index contributed by atoms with van der Waals surface area (Å²) in [5, 5.41) is 15.3. The first-order chi connectivity index (χ1) is 11.1. The summed E-state index contributed by atoms with van der Waals surface area (Å²) < 4.78 is 0. The highest BCUT2D eigenvalue weighted by Gasteiger charge is 2.15. The van der Waals surface area contributed by atoms with Crippen molar-refractivity contribution in [2.75, 3.05) is 24.5 Å². The predicted molar refractivity (Wildman–Crippen MR) is 93.6 cm³/mol. The molecule has 5 heteroatoms. The molecule has 2 rings (SSSR count). The van der Waals surface area contributed by atoms with Crippen molar-refractivity contribution in [3.8, 4) is 0 Å². The Hall–Kier alpha value is -1.75. The Balaban J connectivity index is 1.86. The number of urea groups is 1. The number of piperidine rings is 1. The van der Waals surface area contributed by atoms with E-state index in [9.17, 15) is 9.90 Å². The van der Waals surface area contributed by atoms with Gasteiger partial charge in [-0.1, -0.05) is 32.0 Å². The van der Waals surface area contributed by atoms with Crippen LogP contribution in [0.15, 0.2) is 24.3 Å². The molecule has 1 heterocycles. The smallest absolute Gasteiger partial charge is 0.315 e. The van der Waals surface area contributed by atoms with Crippen molar-refractivity contribution < 1.29 is 9.90 Å². The molecule has 1 fully saturated rings. The summed E-state index contributed by atoms with van der Waals surface area (Å²) in [6.07, 6.45) is 3.25. The van der Waals surface area contributed by atoms with Crippen LogP contribution in [0.5, 0.6) is 0 Å². The molecule has 2 amide bonds. The number of hydrogen-bond acceptors (Lipinski definition) is 3. The van der Waals surface area contributed by atoms with E-state index in [-0.39, 0.29) is 18.5 Å². The molecule has 0 saturated carbocycles. The Bertz CT molecular complexity index is 499. The van der Waals surface area contributed by atoms with Gasteiger partial charge in [0.05, 0.1) is 6.10 Å². The number of carbonyl (C=O) groups excluding carboxylic acids is 1. The molecule has 3 N–H and O–H groups in total. The summed E-state index contributed by atoms with van der Waals surface area (Å²) in [5.41, 5.74) is 2.35. The van der Waals surface area contributed by atoms with E-state index in [2.05, 4.69) is 27.7 Å². The zero-order valence-corrected chi connectivity index (χ0v) is 14.2. The average molecular weight is 319 g/mol. The lowest BCUT2D eigenvalue weighted by Crippen LogP contribution is -2.41. The van der Waals surface area contributed by atoms with Gasteiger partial charge in [0.2, 0.25) is 0 Å². The number of anilines is 1. The highest BCUT2D eigenvalue weighted by molar-refractivity contribution is 5.74. The van der Waals surface area contributed by atoms with Gasteiger partial charge in [0.25, 0.3) is 0 Å². The number of carbonyl (C=O) groups is 1. The summed E-state index contributed by atoms with van der Waals surface area (Å²) in [6, 6.07) is 8.01. The van der Waals surface area contributed by atoms with Gasteiger partial charge >= 0.3 is 6.03 Å². The second-order valence-electron chi connectivity index (χ2n) is 6.55. The Morgan fingerprint density at radius 3 is 2.57 bits per heavy atom. The fraction of sp³-hybridized carbons (Fsp3) is 0.611. The Kier molecular flexibility index (Phi) is 6.71. The van der Waals surface area contributed by atoms with Crippen molar-refractivity contribution in [2.45, 2.75) is 45.8 Å². The molecule has 0 aromatic heterocycles. The molecule has 23 heavy (non-hydrogen) atoms. The van der Waals surface area contributed by atoms with Crippen LogP contribution in [0.25, 0.3) is 0 Å². The quantitative estimate of drug-likeness (QED) is 0.755. The molecule has 1 aromatic rings. The van der Waals surface area contributed by atoms with Gasteiger partial charge in [-0.15, -0.1) is 0 Å². The summed E-state index contributed by atoms with van der Waals surface area (Å²) in [4.78, 5) is 14.3. The minimum absolute atomic E-state index is 0.134. The van der Waals surface area contributed by atoms with Crippen LogP contribution in [0, 0.1) is 5.92 Å². The lowest BCUT2D eigenvalue weighted by molar-refractivity contribution is 0.125. The second kappa shape index (κ2) is 8.77. The SMILES string of the molecule is CC(C)C(O)CNC(=O)NCc1ccccc1N1CCCCC1. The van der Waals surface area contributed by atoms with Crippen molar-refractivity contribution in [1.29, 1.82) is 0 Å². The van der Waals surface area contributed by atoms with Crippen LogP contribution >= 0.6 is 0 Å². The number of nitrogens with one attached hydrogen (secondary N) is 2. The van der Waals surface area contributed by atoms with Crippen LogP contribution < -0.4 is 15.5 Å². The van der Waals surface area contributed by atoms with E-state index >= 15 is 0 Å². The topological polar surface area (TPSA) is 64.6 Å². The van der Waals surface area contributed by atoms with Crippen LogP contribution in [-0.4, -0.2) is 36.9 Å². The first-order valence-electron chi connectivity index (χ1n) is 8.60. The van der Waals surface area contributed by atoms with Crippen LogP contribution in [0.3, 0.4) is 0 Å². The molecule has 5 nitrogen and oxygen atoms in total. The maximum atomic E-state index is 11.9. The molecule has 0 radical (unpaired) electrons. The van der Waals surface area contributed by atoms with Crippen molar-refractivity contribution in [2.24, 2.45) is 5.92 Å². The standard InChI is InChI=1S/C18H29N3O2/c1-14(2)17(22)13-20-18(23)19-12-15-8-4-5-9-16(15)21-10-6-3-7-11-21/h4-5,8-9,14,17,22H,3,6-7,10-13H2,1-2H3,(H2,19,20,23). The van der Waals surface area contributed by atoms with Crippen LogP contribution in [0.4, 0.5) is 10.5 Å². The minimum Gasteiger partial charge on any atom is -0.391 e. The first-order valence-corrected chi connectivity index (χ1v) is 8.60. The van der Waals surface area contributed by atoms with Crippen LogP contribution in [0.2, 0.25) is 0 Å². The molecule has 1 aliphatic heterocycles. The van der Waals surface area contributed by atoms with Gasteiger partial charge in [0.15, 0.2) is 0 Å². The highest BCUT2D eigenvalue weighted by atomic mass is 16.3. The van der Waals surface area contributed by atoms with Crippen molar-refractivity contribution in [3.63, 3.8) is 0 Å². The number of aliphatic hydroxyl groups is 1. The number of para-hydroxylation sites is 1. The van der Waals surface area contributed by atoms with E-state index in [1.807, 2.05) is 26.0 Å². The van der Waals surface area contributed by atoms with Gasteiger partial charge in [0.1, 0.15) is 0 Å². The maximum absolute atomic E-state index is 11.9. The monoisotopic (exact) mass is 319 g/mol. The summed E-state index contributed by atoms with van der Waals surface area (Å²) >= 11 is 0. The number of benzene rings is 1. The number of aliphatic hydroxyl groups excluding tert-OH is 1. The number of rotatable bonds is 6. The van der Waals surface area contributed by atoms with Gasteiger partial charge in [0, 0.05) is 31.9 Å². The van der Waals surface area contributed by atoms with Gasteiger partial charge in [-0.2, -0.15) is 0 Å². The van der Waals surface area contributed by atoms with E-state index in [0.29, 0.717) is 6.54 Å². The molecule has 0 aliphatic carbocycles. The van der Waals surface area contributed by atoms with Crippen LogP contribution in [-0.2, 0) is 6.54 Å². The van der Waals surface area contributed by atoms with Crippen molar-refractivity contribution in [1.82, 2.24) is 10.6 Å². The Morgan fingerprint density at radius 2 is 1.87 bits per heavy atom. The summed E-state index contributed by atoms with van der Waals surface area (Å²) in [6.45, 7) is 6.80. The van der Waals surface area contributed by atoms with Gasteiger partial charge in [-0.3, -0.25) is 0 Å². The second-order valence-corrected chi connectivity index (χ2v) is 6.55. The van der Waals surface area contributed by atoms with Gasteiger partial charge in [-0.25, -0.2) is 4.79 Å². The number of amides is 2. The van der Waals surface area contributed by atoms with Crippen LogP contribution in [0.1, 0.15) is 38.7 Å². The van der Waals surface area contributed by atoms with Crippen molar-refractivity contribution >= 4 is 11.7 Å². The van der Waals surface area contributed by atoms with E-state index in [0.717, 1.165) is 18.7 Å². The lowest BCUT2D eigenvalue weighted by Gasteiger charge is -2.30. The summed E-state index contributed by atoms with van der Waals surface area (Å²) in [7, 11) is 0. The molecular weight excluding hydrogens is 290 g/mol. The molecule has 1 unspecified atom stereocenters. The molecule has 128 valence electrons. The molecule has 1 aliphatic rings. The number of hydrogen-bond donors (Lipinski definition) is 3. The lowest BCUT2D eigenvalue weighted by atomic mass is 10.1. The normalized spacial score (nSPS) is 16.3. The third kappa shape index (κ3) is 5.43. The zero-order valence-electron chi connectivity index (χ0n) is 14.2. The Morgan fingerprint density at radius 1 is 1.17 bits per heavy atom. The predicted octanol–water partition coefficient (Wildman–Crippen LogP) is 2.49. The van der Waals surface area contributed by atoms with E-state index < -0.39 is 6.10 Å². The third-order valence-corrected chi connectivity index (χ3v) is 4.37. The maximum Gasteiger partial charge on any atom is 0.315 e. The minimum atomic E-state index is -0.513. The average Bonchev–Trinajstić information content (AvgIpc) is 2.58. The van der Waals surface area contributed by atoms with Gasteiger partial charge < -0.3 is 20.6 Å². The third-order valence-electron chi connectivity index (χ3n) is 4.37. The molecule has 1 aromatic carbocycles. The summed E-state index contributed by atoms with van der Waals surface area (Å²) in [5.74, 6) is 0.134. The van der Waals surface area contributed by atoms with E-state index in [1.165, 1.54) is 24.9 Å². The molecular formula is C18H29N3O2. The first kappa shape index (κ1) is 17.6. The van der Waals surface area contributed by atoms with E-state index in [4.69, 9.17) is 0 Å². The molecule has 1 saturated heterocycles. The highest BCUT2D eigenvalue weighted by Crippen LogP contribution is 2.23.